The lowest BCUT2D eigenvalue weighted by Gasteiger charge is -2.26. The largest absolute Gasteiger partial charge is 0.347 e. The third kappa shape index (κ3) is 3.18. The Labute approximate surface area is 157 Å². The Hall–Kier alpha value is -3.16. The summed E-state index contributed by atoms with van der Waals surface area (Å²) in [7, 11) is 3.89. The van der Waals surface area contributed by atoms with Crippen molar-refractivity contribution in [1.82, 2.24) is 29.9 Å². The number of fused-ring (bicyclic) bond motifs is 1. The summed E-state index contributed by atoms with van der Waals surface area (Å²) in [4.78, 5) is 21.4. The molecule has 0 atom stereocenters. The zero-order chi connectivity index (χ0) is 19.0. The van der Waals surface area contributed by atoms with Crippen LogP contribution in [0.3, 0.4) is 0 Å². The molecule has 1 aliphatic rings. The van der Waals surface area contributed by atoms with Crippen molar-refractivity contribution in [2.75, 3.05) is 25.5 Å². The van der Waals surface area contributed by atoms with Crippen molar-refractivity contribution in [3.8, 4) is 11.4 Å². The average Bonchev–Trinajstić information content (AvgIpc) is 3.33. The molecule has 1 N–H and O–H groups in total. The standard InChI is InChI=1S/C19H23N7O/c1-4-26-19(24(2)3)21-17(23-26)13-6-5-7-14(10-13)18(27)25-9-8-16-15(12-25)11-20-22-16/h5-7,10-11H,4,8-9,12H2,1-3H3,(H,20,22). The van der Waals surface area contributed by atoms with Gasteiger partial charge in [0.25, 0.3) is 5.91 Å². The zero-order valence-corrected chi connectivity index (χ0v) is 15.8. The van der Waals surface area contributed by atoms with Crippen LogP contribution < -0.4 is 4.90 Å². The maximum Gasteiger partial charge on any atom is 0.254 e. The predicted octanol–water partition coefficient (Wildman–Crippen LogP) is 1.95. The van der Waals surface area contributed by atoms with Gasteiger partial charge in [-0.1, -0.05) is 12.1 Å². The van der Waals surface area contributed by atoms with Crippen molar-refractivity contribution >= 4 is 11.9 Å². The molecule has 140 valence electrons. The molecule has 8 heteroatoms. The van der Waals surface area contributed by atoms with Crippen LogP contribution in [0.25, 0.3) is 11.4 Å². The van der Waals surface area contributed by atoms with E-state index in [2.05, 4.69) is 20.3 Å². The van der Waals surface area contributed by atoms with Gasteiger partial charge < -0.3 is 9.80 Å². The first-order chi connectivity index (χ1) is 13.1. The van der Waals surface area contributed by atoms with E-state index in [1.165, 1.54) is 0 Å². The molecule has 8 nitrogen and oxygen atoms in total. The lowest BCUT2D eigenvalue weighted by atomic mass is 10.1. The van der Waals surface area contributed by atoms with E-state index >= 15 is 0 Å². The maximum absolute atomic E-state index is 13.0. The number of hydrogen-bond acceptors (Lipinski definition) is 5. The van der Waals surface area contributed by atoms with E-state index in [0.717, 1.165) is 35.7 Å². The first-order valence-electron chi connectivity index (χ1n) is 9.09. The molecule has 0 unspecified atom stereocenters. The van der Waals surface area contributed by atoms with Crippen LogP contribution in [-0.2, 0) is 19.5 Å². The second kappa shape index (κ2) is 6.86. The Morgan fingerprint density at radius 2 is 2.19 bits per heavy atom. The monoisotopic (exact) mass is 365 g/mol. The van der Waals surface area contributed by atoms with Gasteiger partial charge in [0.05, 0.1) is 6.20 Å². The highest BCUT2D eigenvalue weighted by molar-refractivity contribution is 5.95. The number of amides is 1. The minimum Gasteiger partial charge on any atom is -0.347 e. The maximum atomic E-state index is 13.0. The molecule has 0 saturated heterocycles. The van der Waals surface area contributed by atoms with E-state index in [-0.39, 0.29) is 5.91 Å². The minimum absolute atomic E-state index is 0.0199. The third-order valence-corrected chi connectivity index (χ3v) is 4.81. The second-order valence-corrected chi connectivity index (χ2v) is 6.88. The predicted molar refractivity (Wildman–Crippen MR) is 102 cm³/mol. The number of benzene rings is 1. The van der Waals surface area contributed by atoms with Crippen molar-refractivity contribution < 1.29 is 4.79 Å². The third-order valence-electron chi connectivity index (χ3n) is 4.81. The van der Waals surface area contributed by atoms with Gasteiger partial charge in [0.2, 0.25) is 5.95 Å². The number of aromatic amines is 1. The summed E-state index contributed by atoms with van der Waals surface area (Å²) in [6.07, 6.45) is 2.60. The van der Waals surface area contributed by atoms with Crippen molar-refractivity contribution in [3.63, 3.8) is 0 Å². The fraction of sp³-hybridized carbons (Fsp3) is 0.368. The number of rotatable bonds is 4. The second-order valence-electron chi connectivity index (χ2n) is 6.88. The smallest absolute Gasteiger partial charge is 0.254 e. The Morgan fingerprint density at radius 3 is 2.93 bits per heavy atom. The van der Waals surface area contributed by atoms with Crippen molar-refractivity contribution in [1.29, 1.82) is 0 Å². The summed E-state index contributed by atoms with van der Waals surface area (Å²) in [6.45, 7) is 4.04. The summed E-state index contributed by atoms with van der Waals surface area (Å²) < 4.78 is 1.86. The van der Waals surface area contributed by atoms with E-state index in [0.29, 0.717) is 24.5 Å². The highest BCUT2D eigenvalue weighted by atomic mass is 16.2. The van der Waals surface area contributed by atoms with E-state index in [1.807, 2.05) is 59.8 Å². The molecule has 3 aromatic rings. The van der Waals surface area contributed by atoms with Crippen LogP contribution >= 0.6 is 0 Å². The number of nitrogens with one attached hydrogen (secondary N) is 1. The fourth-order valence-electron chi connectivity index (χ4n) is 3.37. The number of carbonyl (C=O) groups is 1. The van der Waals surface area contributed by atoms with Gasteiger partial charge in [-0.25, -0.2) is 4.68 Å². The SMILES string of the molecule is CCn1nc(-c2cccc(C(=O)N3CCc4[nH]ncc4C3)c2)nc1N(C)C. The van der Waals surface area contributed by atoms with Gasteiger partial charge in [0.1, 0.15) is 0 Å². The highest BCUT2D eigenvalue weighted by Gasteiger charge is 2.23. The molecule has 2 aromatic heterocycles. The molecule has 1 amide bonds. The number of aryl methyl sites for hydroxylation is 1. The van der Waals surface area contributed by atoms with Crippen LogP contribution in [0.2, 0.25) is 0 Å². The Bertz CT molecular complexity index is 972. The van der Waals surface area contributed by atoms with Gasteiger partial charge in [0, 0.05) is 62.5 Å². The van der Waals surface area contributed by atoms with Crippen LogP contribution in [0.4, 0.5) is 5.95 Å². The highest BCUT2D eigenvalue weighted by Crippen LogP contribution is 2.23. The molecule has 0 spiro atoms. The van der Waals surface area contributed by atoms with Gasteiger partial charge in [-0.05, 0) is 19.1 Å². The number of aromatic nitrogens is 5. The Kier molecular flexibility index (Phi) is 4.39. The molecule has 1 aromatic carbocycles. The Balaban J connectivity index is 1.60. The molecular formula is C19H23N7O. The number of carbonyl (C=O) groups excluding carboxylic acids is 1. The van der Waals surface area contributed by atoms with Gasteiger partial charge in [-0.15, -0.1) is 5.10 Å². The molecule has 0 bridgehead atoms. The molecule has 0 radical (unpaired) electrons. The lowest BCUT2D eigenvalue weighted by molar-refractivity contribution is 0.0734. The quantitative estimate of drug-likeness (QED) is 0.764. The van der Waals surface area contributed by atoms with Crippen LogP contribution in [0.1, 0.15) is 28.5 Å². The number of anilines is 1. The number of hydrogen-bond donors (Lipinski definition) is 1. The van der Waals surface area contributed by atoms with E-state index in [4.69, 9.17) is 0 Å². The van der Waals surface area contributed by atoms with E-state index in [1.54, 1.807) is 6.20 Å². The summed E-state index contributed by atoms with van der Waals surface area (Å²) >= 11 is 0. The minimum atomic E-state index is 0.0199. The first-order valence-corrected chi connectivity index (χ1v) is 9.09. The molecule has 3 heterocycles. The average molecular weight is 365 g/mol. The normalized spacial score (nSPS) is 13.5. The molecule has 27 heavy (non-hydrogen) atoms. The molecule has 1 aliphatic heterocycles. The lowest BCUT2D eigenvalue weighted by Crippen LogP contribution is -2.35. The van der Waals surface area contributed by atoms with Crippen LogP contribution in [0.15, 0.2) is 30.5 Å². The van der Waals surface area contributed by atoms with Crippen molar-refractivity contribution in [2.24, 2.45) is 0 Å². The van der Waals surface area contributed by atoms with Crippen LogP contribution in [0, 0.1) is 0 Å². The van der Waals surface area contributed by atoms with E-state index < -0.39 is 0 Å². The molecular weight excluding hydrogens is 342 g/mol. The van der Waals surface area contributed by atoms with Crippen molar-refractivity contribution in [3.05, 3.63) is 47.3 Å². The molecule has 0 fully saturated rings. The van der Waals surface area contributed by atoms with Crippen LogP contribution in [0.5, 0.6) is 0 Å². The fourth-order valence-corrected chi connectivity index (χ4v) is 3.37. The topological polar surface area (TPSA) is 82.9 Å². The number of H-pyrrole nitrogens is 1. The summed E-state index contributed by atoms with van der Waals surface area (Å²) in [5.41, 5.74) is 3.71. The van der Waals surface area contributed by atoms with Gasteiger partial charge in [-0.3, -0.25) is 9.89 Å². The molecule has 0 saturated carbocycles. The summed E-state index contributed by atoms with van der Waals surface area (Å²) in [6, 6.07) is 7.55. The number of nitrogens with zero attached hydrogens (tertiary/aromatic N) is 6. The zero-order valence-electron chi connectivity index (χ0n) is 15.8. The van der Waals surface area contributed by atoms with Crippen molar-refractivity contribution in [2.45, 2.75) is 26.4 Å². The Morgan fingerprint density at radius 1 is 1.33 bits per heavy atom. The molecule has 0 aliphatic carbocycles. The van der Waals surface area contributed by atoms with E-state index in [9.17, 15) is 4.79 Å². The van der Waals surface area contributed by atoms with Gasteiger partial charge in [-0.2, -0.15) is 10.1 Å². The van der Waals surface area contributed by atoms with Gasteiger partial charge in [0.15, 0.2) is 5.82 Å². The first kappa shape index (κ1) is 17.3. The van der Waals surface area contributed by atoms with Crippen LogP contribution in [-0.4, -0.2) is 56.4 Å². The van der Waals surface area contributed by atoms with Gasteiger partial charge >= 0.3 is 0 Å². The summed E-state index contributed by atoms with van der Waals surface area (Å²) in [5.74, 6) is 1.45. The summed E-state index contributed by atoms with van der Waals surface area (Å²) in [5, 5.41) is 11.7. The molecule has 4 rings (SSSR count).